The van der Waals surface area contributed by atoms with Crippen molar-refractivity contribution in [2.75, 3.05) is 26.2 Å². The molecule has 0 aliphatic carbocycles. The average Bonchev–Trinajstić information content (AvgIpc) is 2.29. The van der Waals surface area contributed by atoms with Gasteiger partial charge < -0.3 is 9.84 Å². The van der Waals surface area contributed by atoms with Crippen molar-refractivity contribution in [3.8, 4) is 5.75 Å². The Labute approximate surface area is 103 Å². The highest BCUT2D eigenvalue weighted by molar-refractivity contribution is 5.31. The fourth-order valence-electron chi connectivity index (χ4n) is 2.17. The van der Waals surface area contributed by atoms with Crippen LogP contribution in [0.3, 0.4) is 0 Å². The first-order valence-electron chi connectivity index (χ1n) is 6.26. The van der Waals surface area contributed by atoms with Crippen LogP contribution in [0.1, 0.15) is 18.9 Å². The summed E-state index contributed by atoms with van der Waals surface area (Å²) in [6.07, 6.45) is 0.835. The van der Waals surface area contributed by atoms with Gasteiger partial charge in [-0.2, -0.15) is 0 Å². The van der Waals surface area contributed by atoms with Crippen LogP contribution in [0, 0.1) is 6.92 Å². The smallest absolute Gasteiger partial charge is 0.122 e. The van der Waals surface area contributed by atoms with Gasteiger partial charge in [-0.25, -0.2) is 0 Å². The standard InChI is InChI=1S/C14H21NO2/c1-3-14(16)10-15(11-14)8-9-17-13-7-5-4-6-12(13)2/h4-7,16H,3,8-11H2,1-2H3. The third kappa shape index (κ3) is 2.99. The van der Waals surface area contributed by atoms with Gasteiger partial charge >= 0.3 is 0 Å². The molecule has 1 aromatic carbocycles. The Morgan fingerprint density at radius 2 is 2.06 bits per heavy atom. The number of ether oxygens (including phenoxy) is 1. The predicted octanol–water partition coefficient (Wildman–Crippen LogP) is 1.83. The van der Waals surface area contributed by atoms with Crippen molar-refractivity contribution in [3.05, 3.63) is 29.8 Å². The third-order valence-electron chi connectivity index (χ3n) is 3.45. The summed E-state index contributed by atoms with van der Waals surface area (Å²) >= 11 is 0. The molecular formula is C14H21NO2. The number of aliphatic hydroxyl groups is 1. The Morgan fingerprint density at radius 3 is 2.71 bits per heavy atom. The highest BCUT2D eigenvalue weighted by Gasteiger charge is 2.38. The zero-order valence-electron chi connectivity index (χ0n) is 10.6. The van der Waals surface area contributed by atoms with Crippen LogP contribution in [0.4, 0.5) is 0 Å². The summed E-state index contributed by atoms with van der Waals surface area (Å²) in [5.74, 6) is 0.957. The fraction of sp³-hybridized carbons (Fsp3) is 0.571. The minimum atomic E-state index is -0.442. The first-order chi connectivity index (χ1) is 8.13. The van der Waals surface area contributed by atoms with Gasteiger partial charge in [-0.3, -0.25) is 4.90 Å². The van der Waals surface area contributed by atoms with Crippen LogP contribution in [0.25, 0.3) is 0 Å². The van der Waals surface area contributed by atoms with E-state index in [4.69, 9.17) is 4.74 Å². The number of β-amino-alcohol motifs (C(OH)–C–C–N with tert-alkyl or cyclic N) is 1. The number of aryl methyl sites for hydroxylation is 1. The van der Waals surface area contributed by atoms with Crippen molar-refractivity contribution in [1.29, 1.82) is 0 Å². The lowest BCUT2D eigenvalue weighted by Crippen LogP contribution is -2.61. The summed E-state index contributed by atoms with van der Waals surface area (Å²) in [6, 6.07) is 8.05. The molecule has 1 heterocycles. The number of hydrogen-bond donors (Lipinski definition) is 1. The SMILES string of the molecule is CCC1(O)CN(CCOc2ccccc2C)C1. The van der Waals surface area contributed by atoms with Gasteiger partial charge in [0.1, 0.15) is 12.4 Å². The number of nitrogens with zero attached hydrogens (tertiary/aromatic N) is 1. The Balaban J connectivity index is 1.70. The van der Waals surface area contributed by atoms with E-state index >= 15 is 0 Å². The molecule has 1 fully saturated rings. The first-order valence-corrected chi connectivity index (χ1v) is 6.26. The maximum Gasteiger partial charge on any atom is 0.122 e. The van der Waals surface area contributed by atoms with Crippen molar-refractivity contribution < 1.29 is 9.84 Å². The Bertz CT molecular complexity index is 372. The molecule has 3 nitrogen and oxygen atoms in total. The quantitative estimate of drug-likeness (QED) is 0.845. The topological polar surface area (TPSA) is 32.7 Å². The molecule has 1 aliphatic rings. The van der Waals surface area contributed by atoms with Gasteiger partial charge in [0.05, 0.1) is 5.60 Å². The highest BCUT2D eigenvalue weighted by Crippen LogP contribution is 2.23. The van der Waals surface area contributed by atoms with Crippen molar-refractivity contribution in [1.82, 2.24) is 4.90 Å². The second-order valence-electron chi connectivity index (χ2n) is 4.90. The Kier molecular flexibility index (Phi) is 3.69. The zero-order valence-corrected chi connectivity index (χ0v) is 10.6. The Morgan fingerprint density at radius 1 is 1.35 bits per heavy atom. The van der Waals surface area contributed by atoms with E-state index in [2.05, 4.69) is 17.9 Å². The predicted molar refractivity (Wildman–Crippen MR) is 68.4 cm³/mol. The molecule has 1 aromatic rings. The molecule has 2 rings (SSSR count). The lowest BCUT2D eigenvalue weighted by atomic mass is 9.91. The monoisotopic (exact) mass is 235 g/mol. The van der Waals surface area contributed by atoms with Crippen LogP contribution in [0.2, 0.25) is 0 Å². The van der Waals surface area contributed by atoms with Crippen molar-refractivity contribution in [3.63, 3.8) is 0 Å². The summed E-state index contributed by atoms with van der Waals surface area (Å²) in [4.78, 5) is 2.22. The lowest BCUT2D eigenvalue weighted by molar-refractivity contribution is -0.102. The van der Waals surface area contributed by atoms with Gasteiger partial charge in [0.15, 0.2) is 0 Å². The van der Waals surface area contributed by atoms with Crippen LogP contribution in [0.5, 0.6) is 5.75 Å². The summed E-state index contributed by atoms with van der Waals surface area (Å²) in [5.41, 5.74) is 0.726. The molecule has 3 heteroatoms. The number of para-hydroxylation sites is 1. The number of benzene rings is 1. The molecule has 17 heavy (non-hydrogen) atoms. The minimum absolute atomic E-state index is 0.442. The number of hydrogen-bond acceptors (Lipinski definition) is 3. The molecule has 1 saturated heterocycles. The first kappa shape index (κ1) is 12.4. The van der Waals surface area contributed by atoms with Crippen LogP contribution in [-0.2, 0) is 0 Å². The molecule has 0 atom stereocenters. The molecule has 0 radical (unpaired) electrons. The van der Waals surface area contributed by atoms with Crippen LogP contribution in [0.15, 0.2) is 24.3 Å². The summed E-state index contributed by atoms with van der Waals surface area (Å²) < 4.78 is 5.72. The van der Waals surface area contributed by atoms with E-state index in [0.29, 0.717) is 6.61 Å². The van der Waals surface area contributed by atoms with E-state index in [-0.39, 0.29) is 0 Å². The molecule has 0 unspecified atom stereocenters. The van der Waals surface area contributed by atoms with Crippen molar-refractivity contribution in [2.24, 2.45) is 0 Å². The van der Waals surface area contributed by atoms with E-state index in [0.717, 1.165) is 31.8 Å². The number of likely N-dealkylation sites (tertiary alicyclic amines) is 1. The van der Waals surface area contributed by atoms with Crippen LogP contribution in [-0.4, -0.2) is 41.8 Å². The number of rotatable bonds is 5. The van der Waals surface area contributed by atoms with Gasteiger partial charge in [-0.15, -0.1) is 0 Å². The molecule has 1 aliphatic heterocycles. The minimum Gasteiger partial charge on any atom is -0.492 e. The largest absolute Gasteiger partial charge is 0.492 e. The van der Waals surface area contributed by atoms with Gasteiger partial charge in [-0.05, 0) is 25.0 Å². The Hall–Kier alpha value is -1.06. The van der Waals surface area contributed by atoms with Gasteiger partial charge in [0.25, 0.3) is 0 Å². The van der Waals surface area contributed by atoms with Crippen molar-refractivity contribution >= 4 is 0 Å². The van der Waals surface area contributed by atoms with E-state index in [1.165, 1.54) is 5.56 Å². The average molecular weight is 235 g/mol. The summed E-state index contributed by atoms with van der Waals surface area (Å²) in [5, 5.41) is 9.87. The van der Waals surface area contributed by atoms with E-state index < -0.39 is 5.60 Å². The van der Waals surface area contributed by atoms with E-state index in [1.807, 2.05) is 25.1 Å². The molecule has 0 amide bonds. The molecule has 0 bridgehead atoms. The highest BCUT2D eigenvalue weighted by atomic mass is 16.5. The second-order valence-corrected chi connectivity index (χ2v) is 4.90. The van der Waals surface area contributed by atoms with E-state index in [9.17, 15) is 5.11 Å². The van der Waals surface area contributed by atoms with Crippen LogP contribution < -0.4 is 4.74 Å². The van der Waals surface area contributed by atoms with Gasteiger partial charge in [-0.1, -0.05) is 25.1 Å². The lowest BCUT2D eigenvalue weighted by Gasteiger charge is -2.46. The van der Waals surface area contributed by atoms with Gasteiger partial charge in [0, 0.05) is 19.6 Å². The normalized spacial score (nSPS) is 18.8. The maximum atomic E-state index is 9.87. The molecule has 94 valence electrons. The molecular weight excluding hydrogens is 214 g/mol. The fourth-order valence-corrected chi connectivity index (χ4v) is 2.17. The third-order valence-corrected chi connectivity index (χ3v) is 3.45. The summed E-state index contributed by atoms with van der Waals surface area (Å²) in [6.45, 7) is 7.21. The molecule has 0 aromatic heterocycles. The molecule has 0 saturated carbocycles. The molecule has 1 N–H and O–H groups in total. The van der Waals surface area contributed by atoms with E-state index in [1.54, 1.807) is 0 Å². The molecule has 0 spiro atoms. The van der Waals surface area contributed by atoms with Crippen molar-refractivity contribution in [2.45, 2.75) is 25.9 Å². The second kappa shape index (κ2) is 5.07. The summed E-state index contributed by atoms with van der Waals surface area (Å²) in [7, 11) is 0. The maximum absolute atomic E-state index is 9.87. The zero-order chi connectivity index (χ0) is 12.3. The van der Waals surface area contributed by atoms with Crippen LogP contribution >= 0.6 is 0 Å². The van der Waals surface area contributed by atoms with Gasteiger partial charge in [0.2, 0.25) is 0 Å².